The average molecular weight is 232 g/mol. The lowest BCUT2D eigenvalue weighted by Gasteiger charge is -2.28. The van der Waals surface area contributed by atoms with E-state index in [1.54, 1.807) is 0 Å². The van der Waals surface area contributed by atoms with E-state index in [2.05, 4.69) is 27.8 Å². The van der Waals surface area contributed by atoms with E-state index in [0.717, 1.165) is 23.2 Å². The van der Waals surface area contributed by atoms with Gasteiger partial charge in [-0.25, -0.2) is 0 Å². The summed E-state index contributed by atoms with van der Waals surface area (Å²) in [7, 11) is 0. The Balaban J connectivity index is 1.82. The number of hydrogen-bond acceptors (Lipinski definition) is 1. The van der Waals surface area contributed by atoms with Crippen LogP contribution in [0, 0.1) is 11.8 Å². The second-order valence-electron chi connectivity index (χ2n) is 4.55. The average Bonchev–Trinajstić information content (AvgIpc) is 2.64. The molecule has 0 radical (unpaired) electrons. The van der Waals surface area contributed by atoms with Crippen molar-refractivity contribution in [3.8, 4) is 0 Å². The van der Waals surface area contributed by atoms with Crippen molar-refractivity contribution in [2.45, 2.75) is 32.2 Å². The zero-order chi connectivity index (χ0) is 8.55. The van der Waals surface area contributed by atoms with Crippen LogP contribution in [-0.4, -0.2) is 29.4 Å². The molecule has 1 nitrogen and oxygen atoms in total. The van der Waals surface area contributed by atoms with E-state index in [4.69, 9.17) is 0 Å². The molecule has 2 fully saturated rings. The Labute approximate surface area is 83.6 Å². The molecule has 1 aliphatic heterocycles. The number of alkyl halides is 1. The largest absolute Gasteiger partial charge is 0.300 e. The zero-order valence-corrected chi connectivity index (χ0v) is 9.39. The van der Waals surface area contributed by atoms with Gasteiger partial charge in [0.1, 0.15) is 0 Å². The van der Waals surface area contributed by atoms with Crippen LogP contribution >= 0.6 is 15.9 Å². The number of halogens is 1. The molecule has 2 heteroatoms. The molecular weight excluding hydrogens is 214 g/mol. The van der Waals surface area contributed by atoms with Gasteiger partial charge in [-0.3, -0.25) is 4.90 Å². The highest BCUT2D eigenvalue weighted by Crippen LogP contribution is 2.37. The third-order valence-electron chi connectivity index (χ3n) is 3.33. The first kappa shape index (κ1) is 9.01. The third-order valence-corrected chi connectivity index (χ3v) is 4.44. The van der Waals surface area contributed by atoms with E-state index in [9.17, 15) is 0 Å². The van der Waals surface area contributed by atoms with E-state index >= 15 is 0 Å². The minimum absolute atomic E-state index is 0.823. The summed E-state index contributed by atoms with van der Waals surface area (Å²) in [4.78, 5) is 2.71. The Hall–Kier alpha value is 0.440. The molecule has 70 valence electrons. The van der Waals surface area contributed by atoms with Gasteiger partial charge in [-0.15, -0.1) is 0 Å². The molecule has 0 aromatic carbocycles. The van der Waals surface area contributed by atoms with Gasteiger partial charge in [0.2, 0.25) is 0 Å². The molecule has 0 N–H and O–H groups in total. The van der Waals surface area contributed by atoms with E-state index < -0.39 is 0 Å². The molecule has 1 heterocycles. The summed E-state index contributed by atoms with van der Waals surface area (Å²) in [5, 5.41) is 1.15. The molecule has 12 heavy (non-hydrogen) atoms. The minimum Gasteiger partial charge on any atom is -0.300 e. The lowest BCUT2D eigenvalue weighted by Crippen LogP contribution is -2.35. The molecule has 2 rings (SSSR count). The van der Waals surface area contributed by atoms with Gasteiger partial charge in [0.05, 0.1) is 0 Å². The fourth-order valence-electron chi connectivity index (χ4n) is 2.70. The summed E-state index contributed by atoms with van der Waals surface area (Å²) in [6.45, 7) is 5.04. The van der Waals surface area contributed by atoms with Crippen LogP contribution in [0.15, 0.2) is 0 Å². The van der Waals surface area contributed by atoms with Crippen LogP contribution in [0.25, 0.3) is 0 Å². The number of hydrogen-bond donors (Lipinski definition) is 0. The monoisotopic (exact) mass is 231 g/mol. The molecule has 1 aliphatic carbocycles. The summed E-state index contributed by atoms with van der Waals surface area (Å²) in [5.74, 6) is 1.88. The van der Waals surface area contributed by atoms with Crippen molar-refractivity contribution in [3.63, 3.8) is 0 Å². The molecule has 0 amide bonds. The van der Waals surface area contributed by atoms with Crippen molar-refractivity contribution >= 4 is 15.9 Å². The second-order valence-corrected chi connectivity index (χ2v) is 5.19. The Morgan fingerprint density at radius 3 is 2.83 bits per heavy atom. The highest BCUT2D eigenvalue weighted by Gasteiger charge is 2.37. The molecule has 2 bridgehead atoms. The molecule has 0 spiro atoms. The molecule has 3 unspecified atom stereocenters. The fourth-order valence-corrected chi connectivity index (χ4v) is 2.90. The van der Waals surface area contributed by atoms with Crippen LogP contribution in [-0.2, 0) is 0 Å². The van der Waals surface area contributed by atoms with Crippen molar-refractivity contribution in [1.82, 2.24) is 4.90 Å². The number of fused-ring (bicyclic) bond motifs is 2. The van der Waals surface area contributed by atoms with E-state index in [1.165, 1.54) is 32.4 Å². The molecule has 2 aliphatic rings. The first-order valence-corrected chi connectivity index (χ1v) is 6.21. The van der Waals surface area contributed by atoms with Crippen LogP contribution in [0.3, 0.4) is 0 Å². The van der Waals surface area contributed by atoms with Crippen LogP contribution in [0.5, 0.6) is 0 Å². The summed E-state index contributed by atoms with van der Waals surface area (Å²) in [6, 6.07) is 0.955. The Morgan fingerprint density at radius 2 is 2.33 bits per heavy atom. The van der Waals surface area contributed by atoms with Gasteiger partial charge < -0.3 is 0 Å². The molecule has 0 aromatic heterocycles. The normalized spacial score (nSPS) is 37.5. The summed E-state index contributed by atoms with van der Waals surface area (Å²) < 4.78 is 0. The van der Waals surface area contributed by atoms with Crippen molar-refractivity contribution in [2.75, 3.05) is 18.4 Å². The SMILES string of the molecule is CC(CBr)CN1CC2CCC1C2. The predicted octanol–water partition coefficient (Wildman–Crippen LogP) is 2.50. The zero-order valence-electron chi connectivity index (χ0n) is 7.80. The van der Waals surface area contributed by atoms with E-state index in [-0.39, 0.29) is 0 Å². The van der Waals surface area contributed by atoms with E-state index in [1.807, 2.05) is 0 Å². The van der Waals surface area contributed by atoms with Gasteiger partial charge in [0.15, 0.2) is 0 Å². The fraction of sp³-hybridized carbons (Fsp3) is 1.00. The minimum atomic E-state index is 0.823. The molecule has 1 saturated carbocycles. The van der Waals surface area contributed by atoms with Crippen LogP contribution in [0.4, 0.5) is 0 Å². The first-order valence-electron chi connectivity index (χ1n) is 5.09. The highest BCUT2D eigenvalue weighted by molar-refractivity contribution is 9.09. The number of likely N-dealkylation sites (tertiary alicyclic amines) is 1. The van der Waals surface area contributed by atoms with Gasteiger partial charge in [-0.1, -0.05) is 22.9 Å². The van der Waals surface area contributed by atoms with E-state index in [0.29, 0.717) is 0 Å². The maximum Gasteiger partial charge on any atom is 0.00987 e. The van der Waals surface area contributed by atoms with Crippen LogP contribution in [0.2, 0.25) is 0 Å². The van der Waals surface area contributed by atoms with Crippen LogP contribution in [0.1, 0.15) is 26.2 Å². The third kappa shape index (κ3) is 1.69. The molecular formula is C10H18BrN. The number of piperidine rings is 1. The van der Waals surface area contributed by atoms with Gasteiger partial charge in [0, 0.05) is 24.5 Å². The quantitative estimate of drug-likeness (QED) is 0.676. The standard InChI is InChI=1S/C10H18BrN/c1-8(5-11)6-12-7-9-2-3-10(12)4-9/h8-10H,2-7H2,1H3. The molecule has 1 saturated heterocycles. The predicted molar refractivity (Wildman–Crippen MR) is 55.7 cm³/mol. The highest BCUT2D eigenvalue weighted by atomic mass is 79.9. The van der Waals surface area contributed by atoms with Gasteiger partial charge in [0.25, 0.3) is 0 Å². The van der Waals surface area contributed by atoms with Gasteiger partial charge in [-0.2, -0.15) is 0 Å². The summed E-state index contributed by atoms with van der Waals surface area (Å²) in [6.07, 6.45) is 4.47. The summed E-state index contributed by atoms with van der Waals surface area (Å²) >= 11 is 3.55. The van der Waals surface area contributed by atoms with Crippen molar-refractivity contribution in [3.05, 3.63) is 0 Å². The van der Waals surface area contributed by atoms with Crippen molar-refractivity contribution in [1.29, 1.82) is 0 Å². The summed E-state index contributed by atoms with van der Waals surface area (Å²) in [5.41, 5.74) is 0. The smallest absolute Gasteiger partial charge is 0.00987 e. The lowest BCUT2D eigenvalue weighted by molar-refractivity contribution is 0.193. The van der Waals surface area contributed by atoms with Crippen LogP contribution < -0.4 is 0 Å². The first-order chi connectivity index (χ1) is 5.79. The lowest BCUT2D eigenvalue weighted by atomic mass is 10.1. The number of rotatable bonds is 3. The molecule has 0 aromatic rings. The van der Waals surface area contributed by atoms with Crippen molar-refractivity contribution in [2.24, 2.45) is 11.8 Å². The Kier molecular flexibility index (Phi) is 2.75. The molecule has 3 atom stereocenters. The Morgan fingerprint density at radius 1 is 1.50 bits per heavy atom. The second kappa shape index (κ2) is 3.67. The Bertz CT molecular complexity index is 160. The number of nitrogens with zero attached hydrogens (tertiary/aromatic N) is 1. The van der Waals surface area contributed by atoms with Crippen molar-refractivity contribution < 1.29 is 0 Å². The maximum absolute atomic E-state index is 3.55. The van der Waals surface area contributed by atoms with Gasteiger partial charge in [-0.05, 0) is 31.1 Å². The van der Waals surface area contributed by atoms with Gasteiger partial charge >= 0.3 is 0 Å². The maximum atomic E-state index is 3.55. The topological polar surface area (TPSA) is 3.24 Å².